The van der Waals surface area contributed by atoms with Gasteiger partial charge in [0.2, 0.25) is 0 Å². The Bertz CT molecular complexity index is 469. The molecule has 4 heteroatoms. The van der Waals surface area contributed by atoms with Crippen molar-refractivity contribution >= 4 is 0 Å². The number of ether oxygens (including phenoxy) is 1. The minimum atomic E-state index is 0.0698. The zero-order valence-electron chi connectivity index (χ0n) is 13.2. The fourth-order valence-electron chi connectivity index (χ4n) is 3.69. The molecule has 2 unspecified atom stereocenters. The monoisotopic (exact) mass is 289 g/mol. The van der Waals surface area contributed by atoms with E-state index in [9.17, 15) is 0 Å². The van der Waals surface area contributed by atoms with E-state index in [2.05, 4.69) is 30.0 Å². The van der Waals surface area contributed by atoms with Crippen LogP contribution in [-0.2, 0) is 0 Å². The van der Waals surface area contributed by atoms with Gasteiger partial charge >= 0.3 is 0 Å². The van der Waals surface area contributed by atoms with E-state index < -0.39 is 0 Å². The standard InChI is InChI=1S/C17H27N3O/c1-19(2)11-13-7-9-20(10-8-13)15-12-21-16-6-4-3-5-14(16)17(15)18/h3-6,13,15,17H,7-12,18H2,1-2H3. The highest BCUT2D eigenvalue weighted by molar-refractivity contribution is 5.38. The van der Waals surface area contributed by atoms with Crippen molar-refractivity contribution in [2.75, 3.05) is 40.3 Å². The summed E-state index contributed by atoms with van der Waals surface area (Å²) in [5, 5.41) is 0. The molecule has 4 nitrogen and oxygen atoms in total. The highest BCUT2D eigenvalue weighted by atomic mass is 16.5. The third-order valence-electron chi connectivity index (χ3n) is 4.84. The lowest BCUT2D eigenvalue weighted by atomic mass is 9.91. The molecule has 2 heterocycles. The van der Waals surface area contributed by atoms with Crippen LogP contribution in [0.4, 0.5) is 0 Å². The summed E-state index contributed by atoms with van der Waals surface area (Å²) >= 11 is 0. The van der Waals surface area contributed by atoms with Crippen LogP contribution < -0.4 is 10.5 Å². The number of fused-ring (bicyclic) bond motifs is 1. The number of nitrogens with zero attached hydrogens (tertiary/aromatic N) is 2. The van der Waals surface area contributed by atoms with Crippen LogP contribution in [0.3, 0.4) is 0 Å². The lowest BCUT2D eigenvalue weighted by molar-refractivity contribution is 0.0622. The van der Waals surface area contributed by atoms with Gasteiger partial charge in [-0.1, -0.05) is 18.2 Å². The summed E-state index contributed by atoms with van der Waals surface area (Å²) < 4.78 is 5.92. The second-order valence-electron chi connectivity index (χ2n) is 6.68. The normalized spacial score (nSPS) is 27.4. The predicted octanol–water partition coefficient (Wildman–Crippen LogP) is 1.72. The second-order valence-corrected chi connectivity index (χ2v) is 6.68. The Balaban J connectivity index is 1.62. The van der Waals surface area contributed by atoms with Gasteiger partial charge in [-0.3, -0.25) is 4.90 Å². The van der Waals surface area contributed by atoms with Gasteiger partial charge in [0.1, 0.15) is 12.4 Å². The zero-order chi connectivity index (χ0) is 14.8. The number of nitrogens with two attached hydrogens (primary N) is 1. The van der Waals surface area contributed by atoms with Crippen LogP contribution in [0.2, 0.25) is 0 Å². The molecule has 3 rings (SSSR count). The Morgan fingerprint density at radius 2 is 1.95 bits per heavy atom. The van der Waals surface area contributed by atoms with Crippen LogP contribution in [0, 0.1) is 5.92 Å². The molecule has 0 radical (unpaired) electrons. The third-order valence-corrected chi connectivity index (χ3v) is 4.84. The van der Waals surface area contributed by atoms with Gasteiger partial charge in [0.25, 0.3) is 0 Å². The largest absolute Gasteiger partial charge is 0.492 e. The summed E-state index contributed by atoms with van der Waals surface area (Å²) in [4.78, 5) is 4.83. The Kier molecular flexibility index (Phi) is 4.48. The van der Waals surface area contributed by atoms with E-state index in [1.54, 1.807) is 0 Å². The Morgan fingerprint density at radius 1 is 1.24 bits per heavy atom. The fourth-order valence-corrected chi connectivity index (χ4v) is 3.69. The highest BCUT2D eigenvalue weighted by Gasteiger charge is 2.34. The molecule has 1 saturated heterocycles. The summed E-state index contributed by atoms with van der Waals surface area (Å²) in [5.74, 6) is 1.79. The summed E-state index contributed by atoms with van der Waals surface area (Å²) in [6.45, 7) is 4.20. The average Bonchev–Trinajstić information content (AvgIpc) is 2.48. The quantitative estimate of drug-likeness (QED) is 0.920. The van der Waals surface area contributed by atoms with Gasteiger partial charge in [-0.15, -0.1) is 0 Å². The van der Waals surface area contributed by atoms with E-state index in [1.807, 2.05) is 18.2 Å². The van der Waals surface area contributed by atoms with Crippen molar-refractivity contribution in [3.63, 3.8) is 0 Å². The molecule has 2 atom stereocenters. The van der Waals surface area contributed by atoms with Crippen LogP contribution in [0.5, 0.6) is 5.75 Å². The molecule has 2 aliphatic heterocycles. The van der Waals surface area contributed by atoms with Crippen molar-refractivity contribution in [3.8, 4) is 5.75 Å². The summed E-state index contributed by atoms with van der Waals surface area (Å²) in [5.41, 5.74) is 7.66. The highest BCUT2D eigenvalue weighted by Crippen LogP contribution is 2.34. The van der Waals surface area contributed by atoms with Gasteiger partial charge in [0, 0.05) is 12.1 Å². The smallest absolute Gasteiger partial charge is 0.124 e. The maximum Gasteiger partial charge on any atom is 0.124 e. The molecule has 1 aromatic carbocycles. The molecule has 0 spiro atoms. The Morgan fingerprint density at radius 3 is 2.67 bits per heavy atom. The van der Waals surface area contributed by atoms with Gasteiger partial charge < -0.3 is 15.4 Å². The van der Waals surface area contributed by atoms with Crippen molar-refractivity contribution in [1.29, 1.82) is 0 Å². The van der Waals surface area contributed by atoms with Gasteiger partial charge in [0.15, 0.2) is 0 Å². The van der Waals surface area contributed by atoms with E-state index in [-0.39, 0.29) is 6.04 Å². The molecule has 0 aromatic heterocycles. The van der Waals surface area contributed by atoms with Crippen LogP contribution in [0.15, 0.2) is 24.3 Å². The predicted molar refractivity (Wildman–Crippen MR) is 85.5 cm³/mol. The van der Waals surface area contributed by atoms with Crippen LogP contribution >= 0.6 is 0 Å². The SMILES string of the molecule is CN(C)CC1CCN(C2COc3ccccc3C2N)CC1. The van der Waals surface area contributed by atoms with E-state index in [0.29, 0.717) is 6.04 Å². The minimum absolute atomic E-state index is 0.0698. The first kappa shape index (κ1) is 14.8. The number of piperidine rings is 1. The van der Waals surface area contributed by atoms with Gasteiger partial charge in [-0.25, -0.2) is 0 Å². The molecular weight excluding hydrogens is 262 g/mol. The number of rotatable bonds is 3. The van der Waals surface area contributed by atoms with Crippen molar-refractivity contribution in [1.82, 2.24) is 9.80 Å². The zero-order valence-corrected chi connectivity index (χ0v) is 13.2. The molecule has 0 saturated carbocycles. The Labute approximate surface area is 127 Å². The molecule has 116 valence electrons. The number of likely N-dealkylation sites (tertiary alicyclic amines) is 1. The van der Waals surface area contributed by atoms with Gasteiger partial charge in [0.05, 0.1) is 12.1 Å². The van der Waals surface area contributed by atoms with Crippen LogP contribution in [0.25, 0.3) is 0 Å². The molecule has 1 aromatic rings. The first-order valence-electron chi connectivity index (χ1n) is 8.01. The maximum absolute atomic E-state index is 6.51. The lowest BCUT2D eigenvalue weighted by Crippen LogP contribution is -2.51. The van der Waals surface area contributed by atoms with Crippen LogP contribution in [0.1, 0.15) is 24.4 Å². The van der Waals surface area contributed by atoms with Gasteiger partial charge in [-0.2, -0.15) is 0 Å². The molecule has 2 N–H and O–H groups in total. The van der Waals surface area contributed by atoms with Gasteiger partial charge in [-0.05, 0) is 52.0 Å². The number of hydrogen-bond donors (Lipinski definition) is 1. The van der Waals surface area contributed by atoms with E-state index in [1.165, 1.54) is 19.4 Å². The fraction of sp³-hybridized carbons (Fsp3) is 0.647. The first-order chi connectivity index (χ1) is 10.1. The molecule has 1 fully saturated rings. The molecule has 21 heavy (non-hydrogen) atoms. The molecule has 2 aliphatic rings. The summed E-state index contributed by atoms with van der Waals surface area (Å²) in [6.07, 6.45) is 2.53. The van der Waals surface area contributed by atoms with E-state index in [4.69, 9.17) is 10.5 Å². The lowest BCUT2D eigenvalue weighted by Gasteiger charge is -2.42. The van der Waals surface area contributed by atoms with Crippen molar-refractivity contribution < 1.29 is 4.74 Å². The van der Waals surface area contributed by atoms with Crippen LogP contribution in [-0.4, -0.2) is 56.2 Å². The Hall–Kier alpha value is -1.10. The molecular formula is C17H27N3O. The molecule has 0 bridgehead atoms. The number of hydrogen-bond acceptors (Lipinski definition) is 4. The van der Waals surface area contributed by atoms with Crippen molar-refractivity contribution in [2.45, 2.75) is 24.9 Å². The summed E-state index contributed by atoms with van der Waals surface area (Å²) in [7, 11) is 4.32. The summed E-state index contributed by atoms with van der Waals surface area (Å²) in [6, 6.07) is 8.58. The second kappa shape index (κ2) is 6.34. The molecule has 0 aliphatic carbocycles. The number of para-hydroxylation sites is 1. The van der Waals surface area contributed by atoms with Crippen molar-refractivity contribution in [3.05, 3.63) is 29.8 Å². The topological polar surface area (TPSA) is 41.7 Å². The minimum Gasteiger partial charge on any atom is -0.492 e. The first-order valence-corrected chi connectivity index (χ1v) is 8.01. The average molecular weight is 289 g/mol. The number of benzene rings is 1. The third kappa shape index (κ3) is 3.23. The van der Waals surface area contributed by atoms with E-state index in [0.717, 1.165) is 36.9 Å². The molecule has 0 amide bonds. The van der Waals surface area contributed by atoms with Crippen molar-refractivity contribution in [2.24, 2.45) is 11.7 Å². The van der Waals surface area contributed by atoms with E-state index >= 15 is 0 Å². The maximum atomic E-state index is 6.51.